The predicted molar refractivity (Wildman–Crippen MR) is 85.9 cm³/mol. The maximum atomic E-state index is 11.6. The number of aliphatic hydroxyl groups is 1. The maximum Gasteiger partial charge on any atom is 0.325 e. The Morgan fingerprint density at radius 2 is 2.00 bits per heavy atom. The van der Waals surface area contributed by atoms with Crippen molar-refractivity contribution in [2.24, 2.45) is 0 Å². The standard InChI is InChI=1S/C16H23NO3Si/c1-21(2,3)12-8-7-11-16(19)20-17-15(13-18)14-9-5-4-6-10-14/h4-6,9-10,15,17-18H,7,11,13H2,1-3H3/t15-/m1/s1. The minimum atomic E-state index is -1.38. The molecule has 0 heterocycles. The first-order valence-corrected chi connectivity index (χ1v) is 10.5. The fourth-order valence-electron chi connectivity index (χ4n) is 1.58. The van der Waals surface area contributed by atoms with E-state index in [2.05, 4.69) is 36.6 Å². The second kappa shape index (κ2) is 8.62. The lowest BCUT2D eigenvalue weighted by molar-refractivity contribution is -0.153. The molecule has 114 valence electrons. The maximum absolute atomic E-state index is 11.6. The predicted octanol–water partition coefficient (Wildman–Crippen LogP) is 2.43. The molecule has 0 fully saturated rings. The Balaban J connectivity index is 2.36. The van der Waals surface area contributed by atoms with Gasteiger partial charge < -0.3 is 9.94 Å². The molecule has 0 aromatic heterocycles. The molecule has 2 N–H and O–H groups in total. The summed E-state index contributed by atoms with van der Waals surface area (Å²) in [6, 6.07) is 8.94. The second-order valence-electron chi connectivity index (χ2n) is 5.79. The highest BCUT2D eigenvalue weighted by Gasteiger charge is 2.12. The van der Waals surface area contributed by atoms with E-state index >= 15 is 0 Å². The first-order chi connectivity index (χ1) is 9.92. The van der Waals surface area contributed by atoms with Crippen LogP contribution in [0.4, 0.5) is 0 Å². The van der Waals surface area contributed by atoms with Gasteiger partial charge in [0.25, 0.3) is 0 Å². The van der Waals surface area contributed by atoms with Crippen LogP contribution in [-0.4, -0.2) is 25.8 Å². The van der Waals surface area contributed by atoms with E-state index in [1.807, 2.05) is 30.3 Å². The summed E-state index contributed by atoms with van der Waals surface area (Å²) in [5.41, 5.74) is 6.67. The van der Waals surface area contributed by atoms with Crippen molar-refractivity contribution in [2.45, 2.75) is 38.5 Å². The zero-order chi connectivity index (χ0) is 15.7. The molecule has 21 heavy (non-hydrogen) atoms. The average molecular weight is 305 g/mol. The molecule has 5 heteroatoms. The lowest BCUT2D eigenvalue weighted by atomic mass is 10.1. The molecule has 0 aliphatic rings. The van der Waals surface area contributed by atoms with E-state index in [1.54, 1.807) is 0 Å². The van der Waals surface area contributed by atoms with Crippen LogP contribution < -0.4 is 5.48 Å². The van der Waals surface area contributed by atoms with Crippen LogP contribution in [0.1, 0.15) is 24.4 Å². The van der Waals surface area contributed by atoms with Crippen LogP contribution in [0.3, 0.4) is 0 Å². The van der Waals surface area contributed by atoms with E-state index < -0.39 is 14.1 Å². The topological polar surface area (TPSA) is 58.6 Å². The quantitative estimate of drug-likeness (QED) is 0.481. The molecule has 0 radical (unpaired) electrons. The van der Waals surface area contributed by atoms with Crippen molar-refractivity contribution >= 4 is 14.0 Å². The van der Waals surface area contributed by atoms with Gasteiger partial charge in [-0.05, 0) is 5.56 Å². The first kappa shape index (κ1) is 17.4. The SMILES string of the molecule is C[Si](C)(C)C#CCCC(=O)ON[C@H](CO)c1ccccc1. The number of aliphatic hydroxyl groups excluding tert-OH is 1. The Kier molecular flexibility index (Phi) is 7.16. The van der Waals surface area contributed by atoms with E-state index in [4.69, 9.17) is 4.84 Å². The number of hydroxylamine groups is 1. The van der Waals surface area contributed by atoms with Crippen molar-refractivity contribution in [3.8, 4) is 11.5 Å². The number of rotatable bonds is 6. The first-order valence-electron chi connectivity index (χ1n) is 7.03. The fourth-order valence-corrected chi connectivity index (χ4v) is 2.23. The highest BCUT2D eigenvalue weighted by atomic mass is 28.3. The van der Waals surface area contributed by atoms with Crippen molar-refractivity contribution in [1.82, 2.24) is 5.48 Å². The number of benzene rings is 1. The van der Waals surface area contributed by atoms with Gasteiger partial charge in [0.2, 0.25) is 0 Å². The van der Waals surface area contributed by atoms with E-state index in [1.165, 1.54) is 0 Å². The zero-order valence-electron chi connectivity index (χ0n) is 12.8. The third-order valence-corrected chi connectivity index (χ3v) is 3.54. The number of hydrogen-bond acceptors (Lipinski definition) is 4. The molecule has 1 aromatic rings. The van der Waals surface area contributed by atoms with E-state index in [0.29, 0.717) is 6.42 Å². The van der Waals surface area contributed by atoms with E-state index in [9.17, 15) is 9.90 Å². The monoisotopic (exact) mass is 305 g/mol. The highest BCUT2D eigenvalue weighted by molar-refractivity contribution is 6.83. The Morgan fingerprint density at radius 1 is 1.33 bits per heavy atom. The summed E-state index contributed by atoms with van der Waals surface area (Å²) in [6.07, 6.45) is 0.747. The van der Waals surface area contributed by atoms with Crippen LogP contribution in [0, 0.1) is 11.5 Å². The molecule has 0 amide bonds. The lowest BCUT2D eigenvalue weighted by Crippen LogP contribution is -2.27. The molecule has 1 atom stereocenters. The molecule has 0 unspecified atom stereocenters. The summed E-state index contributed by atoms with van der Waals surface area (Å²) in [4.78, 5) is 16.6. The highest BCUT2D eigenvalue weighted by Crippen LogP contribution is 2.11. The number of nitrogens with one attached hydrogen (secondary N) is 1. The lowest BCUT2D eigenvalue weighted by Gasteiger charge is -2.15. The Hall–Kier alpha value is -1.61. The van der Waals surface area contributed by atoms with Crippen LogP contribution in [0.15, 0.2) is 30.3 Å². The Morgan fingerprint density at radius 3 is 2.57 bits per heavy atom. The minimum absolute atomic E-state index is 0.146. The van der Waals surface area contributed by atoms with Crippen molar-refractivity contribution in [3.63, 3.8) is 0 Å². The van der Waals surface area contributed by atoms with Gasteiger partial charge in [0.05, 0.1) is 19.1 Å². The molecular formula is C16H23NO3Si. The molecule has 0 saturated carbocycles. The third kappa shape index (κ3) is 7.66. The summed E-state index contributed by atoms with van der Waals surface area (Å²) in [7, 11) is -1.38. The fraction of sp³-hybridized carbons (Fsp3) is 0.438. The number of hydrogen-bond donors (Lipinski definition) is 2. The molecule has 0 saturated heterocycles. The van der Waals surface area contributed by atoms with Gasteiger partial charge in [0.15, 0.2) is 0 Å². The van der Waals surface area contributed by atoms with E-state index in [0.717, 1.165) is 5.56 Å². The van der Waals surface area contributed by atoms with Crippen LogP contribution in [-0.2, 0) is 9.63 Å². The van der Waals surface area contributed by atoms with Crippen LogP contribution in [0.25, 0.3) is 0 Å². The van der Waals surface area contributed by atoms with Gasteiger partial charge in [-0.1, -0.05) is 50.0 Å². The van der Waals surface area contributed by atoms with Crippen molar-refractivity contribution in [2.75, 3.05) is 6.61 Å². The Labute approximate surface area is 127 Å². The molecule has 1 rings (SSSR count). The molecule has 1 aromatic carbocycles. The second-order valence-corrected chi connectivity index (χ2v) is 10.5. The third-order valence-electron chi connectivity index (χ3n) is 2.62. The van der Waals surface area contributed by atoms with Gasteiger partial charge in [-0.25, -0.2) is 0 Å². The van der Waals surface area contributed by atoms with Gasteiger partial charge in [-0.2, -0.15) is 0 Å². The average Bonchev–Trinajstić information content (AvgIpc) is 2.44. The summed E-state index contributed by atoms with van der Waals surface area (Å²) in [6.45, 7) is 6.33. The largest absolute Gasteiger partial charge is 0.394 e. The van der Waals surface area contributed by atoms with Gasteiger partial charge in [0.1, 0.15) is 8.07 Å². The van der Waals surface area contributed by atoms with Gasteiger partial charge in [-0.15, -0.1) is 16.9 Å². The molecule has 4 nitrogen and oxygen atoms in total. The van der Waals surface area contributed by atoms with Crippen molar-refractivity contribution < 1.29 is 14.7 Å². The number of carbonyl (C=O) groups is 1. The Bertz CT molecular complexity index is 500. The van der Waals surface area contributed by atoms with Crippen molar-refractivity contribution in [3.05, 3.63) is 35.9 Å². The summed E-state index contributed by atoms with van der Waals surface area (Å²) in [5, 5.41) is 9.32. The van der Waals surface area contributed by atoms with Crippen molar-refractivity contribution in [1.29, 1.82) is 0 Å². The molecule has 0 aliphatic heterocycles. The smallest absolute Gasteiger partial charge is 0.325 e. The summed E-state index contributed by atoms with van der Waals surface area (Å²) < 4.78 is 0. The molecule has 0 bridgehead atoms. The van der Waals surface area contributed by atoms with Gasteiger partial charge in [-0.3, -0.25) is 4.79 Å². The molecular weight excluding hydrogens is 282 g/mol. The zero-order valence-corrected chi connectivity index (χ0v) is 13.8. The van der Waals surface area contributed by atoms with Crippen LogP contribution in [0.2, 0.25) is 19.6 Å². The van der Waals surface area contributed by atoms with E-state index in [-0.39, 0.29) is 19.0 Å². The van der Waals surface area contributed by atoms with Crippen LogP contribution >= 0.6 is 0 Å². The molecule has 0 spiro atoms. The summed E-state index contributed by atoms with van der Waals surface area (Å²) >= 11 is 0. The molecule has 0 aliphatic carbocycles. The van der Waals surface area contributed by atoms with Gasteiger partial charge in [0, 0.05) is 6.42 Å². The van der Waals surface area contributed by atoms with Gasteiger partial charge >= 0.3 is 5.97 Å². The minimum Gasteiger partial charge on any atom is -0.394 e. The van der Waals surface area contributed by atoms with Crippen LogP contribution in [0.5, 0.6) is 0 Å². The number of carbonyl (C=O) groups excluding carboxylic acids is 1. The summed E-state index contributed by atoms with van der Waals surface area (Å²) in [5.74, 6) is 2.66. The normalized spacial score (nSPS) is 12.2.